The zero-order valence-corrected chi connectivity index (χ0v) is 31.3. The van der Waals surface area contributed by atoms with Crippen molar-refractivity contribution in [3.05, 3.63) is 36.5 Å². The van der Waals surface area contributed by atoms with Crippen LogP contribution >= 0.6 is 0 Å². The number of allylic oxidation sites excluding steroid dienone is 5. The zero-order chi connectivity index (χ0) is 36.8. The second-order valence-corrected chi connectivity index (χ2v) is 13.9. The van der Waals surface area contributed by atoms with Crippen molar-refractivity contribution in [1.82, 2.24) is 5.32 Å². The Hall–Kier alpha value is -1.63. The highest BCUT2D eigenvalue weighted by Crippen LogP contribution is 2.22. The number of aliphatic hydroxyl groups is 6. The topological polar surface area (TPSA) is 169 Å². The van der Waals surface area contributed by atoms with Crippen molar-refractivity contribution in [1.29, 1.82) is 0 Å². The molecule has 0 radical (unpaired) electrons. The number of aliphatic hydroxyl groups excluding tert-OH is 6. The number of hydrogen-bond acceptors (Lipinski definition) is 9. The van der Waals surface area contributed by atoms with Gasteiger partial charge in [-0.2, -0.15) is 0 Å². The average molecular weight is 712 g/mol. The lowest BCUT2D eigenvalue weighted by molar-refractivity contribution is -0.302. The van der Waals surface area contributed by atoms with Crippen molar-refractivity contribution in [2.75, 3.05) is 13.2 Å². The van der Waals surface area contributed by atoms with Crippen molar-refractivity contribution >= 4 is 5.91 Å². The average Bonchev–Trinajstić information content (AvgIpc) is 3.11. The van der Waals surface area contributed by atoms with Crippen LogP contribution in [0, 0.1) is 0 Å². The molecule has 10 heteroatoms. The van der Waals surface area contributed by atoms with Crippen LogP contribution in [0.25, 0.3) is 0 Å². The summed E-state index contributed by atoms with van der Waals surface area (Å²) in [5.74, 6) is -0.635. The molecular formula is C40H73NO9. The van der Waals surface area contributed by atoms with Crippen LogP contribution in [0.2, 0.25) is 0 Å². The number of ether oxygens (including phenoxy) is 2. The fourth-order valence-corrected chi connectivity index (χ4v) is 5.96. The molecular weight excluding hydrogens is 638 g/mol. The quantitative estimate of drug-likeness (QED) is 0.0342. The van der Waals surface area contributed by atoms with Gasteiger partial charge in [0.1, 0.15) is 30.5 Å². The van der Waals surface area contributed by atoms with E-state index in [1.165, 1.54) is 70.6 Å². The number of amides is 1. The van der Waals surface area contributed by atoms with E-state index >= 15 is 0 Å². The third-order valence-electron chi connectivity index (χ3n) is 9.30. The molecule has 0 bridgehead atoms. The molecule has 50 heavy (non-hydrogen) atoms. The molecule has 0 aromatic rings. The highest BCUT2D eigenvalue weighted by atomic mass is 16.7. The Labute approximate surface area is 303 Å². The van der Waals surface area contributed by atoms with Gasteiger partial charge in [-0.15, -0.1) is 0 Å². The second-order valence-electron chi connectivity index (χ2n) is 13.9. The molecule has 8 atom stereocenters. The van der Waals surface area contributed by atoms with Gasteiger partial charge in [-0.25, -0.2) is 0 Å². The Morgan fingerprint density at radius 1 is 0.680 bits per heavy atom. The zero-order valence-electron chi connectivity index (χ0n) is 31.3. The highest BCUT2D eigenvalue weighted by molar-refractivity contribution is 5.80. The number of rotatable bonds is 31. The maximum absolute atomic E-state index is 12.9. The first kappa shape index (κ1) is 46.4. The van der Waals surface area contributed by atoms with Gasteiger partial charge in [0.25, 0.3) is 0 Å². The largest absolute Gasteiger partial charge is 0.394 e. The van der Waals surface area contributed by atoms with Crippen molar-refractivity contribution in [3.8, 4) is 0 Å². The van der Waals surface area contributed by atoms with E-state index in [0.717, 1.165) is 44.9 Å². The molecule has 0 aromatic carbocycles. The lowest BCUT2D eigenvalue weighted by atomic mass is 9.99. The second kappa shape index (κ2) is 30.9. The third kappa shape index (κ3) is 21.7. The van der Waals surface area contributed by atoms with Crippen LogP contribution in [0.15, 0.2) is 36.5 Å². The lowest BCUT2D eigenvalue weighted by Crippen LogP contribution is -2.60. The summed E-state index contributed by atoms with van der Waals surface area (Å²) in [6.45, 7) is 3.51. The molecule has 7 N–H and O–H groups in total. The molecule has 8 unspecified atom stereocenters. The minimum atomic E-state index is -1.61. The molecule has 1 amide bonds. The third-order valence-corrected chi connectivity index (χ3v) is 9.30. The van der Waals surface area contributed by atoms with Gasteiger partial charge in [0.05, 0.1) is 25.4 Å². The fraction of sp³-hybridized carbons (Fsp3) is 0.825. The van der Waals surface area contributed by atoms with Crippen LogP contribution in [0.5, 0.6) is 0 Å². The minimum absolute atomic E-state index is 0.301. The van der Waals surface area contributed by atoms with E-state index in [4.69, 9.17) is 9.47 Å². The Morgan fingerprint density at radius 3 is 1.74 bits per heavy atom. The van der Waals surface area contributed by atoms with Gasteiger partial charge in [-0.1, -0.05) is 140 Å². The normalized spacial score (nSPS) is 23.2. The number of nitrogens with one attached hydrogen (secondary N) is 1. The SMILES string of the molecule is CCCCCCC/C=C/CC/C=C/CC/C=C/C(O)C(COC1OC(CO)C(O)C(O)C1O)NC(=O)C(O)CCCCCCCCCCCC. The van der Waals surface area contributed by atoms with Gasteiger partial charge >= 0.3 is 0 Å². The maximum Gasteiger partial charge on any atom is 0.249 e. The Kier molecular flexibility index (Phi) is 28.7. The molecule has 1 rings (SSSR count). The molecule has 0 aliphatic carbocycles. The Balaban J connectivity index is 2.57. The molecule has 0 aromatic heterocycles. The van der Waals surface area contributed by atoms with Gasteiger partial charge in [0.2, 0.25) is 5.91 Å². The molecule has 1 aliphatic rings. The van der Waals surface area contributed by atoms with Crippen LogP contribution in [0.1, 0.15) is 149 Å². The monoisotopic (exact) mass is 712 g/mol. The highest BCUT2D eigenvalue weighted by Gasteiger charge is 2.44. The van der Waals surface area contributed by atoms with Crippen LogP contribution in [-0.2, 0) is 14.3 Å². The number of unbranched alkanes of at least 4 members (excludes halogenated alkanes) is 16. The van der Waals surface area contributed by atoms with Gasteiger partial charge in [-0.05, 0) is 44.9 Å². The first-order valence-corrected chi connectivity index (χ1v) is 19.8. The van der Waals surface area contributed by atoms with Gasteiger partial charge in [0.15, 0.2) is 6.29 Å². The van der Waals surface area contributed by atoms with E-state index in [-0.39, 0.29) is 6.61 Å². The summed E-state index contributed by atoms with van der Waals surface area (Å²) in [5, 5.41) is 64.2. The summed E-state index contributed by atoms with van der Waals surface area (Å²) >= 11 is 0. The standard InChI is InChI=1S/C40H73NO9/c1-3-5-7-9-11-13-15-16-17-18-19-21-22-24-26-28-33(43)32(31-49-40-38(47)37(46)36(45)35(30-42)50-40)41-39(48)34(44)29-27-25-23-20-14-12-10-8-6-4-2/h15-16,19,21,26,28,32-38,40,42-47H,3-14,17-18,20,22-25,27,29-31H2,1-2H3,(H,41,48)/b16-15+,21-19+,28-26+. The molecule has 292 valence electrons. The van der Waals surface area contributed by atoms with E-state index in [2.05, 4.69) is 43.5 Å². The van der Waals surface area contributed by atoms with E-state index in [1.807, 2.05) is 6.08 Å². The van der Waals surface area contributed by atoms with Crippen molar-refractivity contribution in [2.45, 2.75) is 198 Å². The van der Waals surface area contributed by atoms with Crippen molar-refractivity contribution in [3.63, 3.8) is 0 Å². The van der Waals surface area contributed by atoms with Crippen molar-refractivity contribution in [2.24, 2.45) is 0 Å². The summed E-state index contributed by atoms with van der Waals surface area (Å²) in [6.07, 6.45) is 25.2. The summed E-state index contributed by atoms with van der Waals surface area (Å²) in [7, 11) is 0. The maximum atomic E-state index is 12.9. The number of hydrogen-bond donors (Lipinski definition) is 7. The van der Waals surface area contributed by atoms with Crippen molar-refractivity contribution < 1.29 is 44.9 Å². The van der Waals surface area contributed by atoms with Gasteiger partial charge in [0, 0.05) is 0 Å². The van der Waals surface area contributed by atoms with E-state index < -0.39 is 61.5 Å². The van der Waals surface area contributed by atoms with Gasteiger partial charge in [-0.3, -0.25) is 4.79 Å². The number of carbonyl (C=O) groups is 1. The molecule has 0 saturated carbocycles. The summed E-state index contributed by atoms with van der Waals surface area (Å²) in [5.41, 5.74) is 0. The van der Waals surface area contributed by atoms with Crippen LogP contribution in [0.4, 0.5) is 0 Å². The fourth-order valence-electron chi connectivity index (χ4n) is 5.96. The number of carbonyl (C=O) groups excluding carboxylic acids is 1. The minimum Gasteiger partial charge on any atom is -0.394 e. The molecule has 1 saturated heterocycles. The summed E-state index contributed by atoms with van der Waals surface area (Å²) in [6, 6.07) is -0.998. The van der Waals surface area contributed by atoms with Crippen LogP contribution in [-0.4, -0.2) is 98.7 Å². The molecule has 1 aliphatic heterocycles. The van der Waals surface area contributed by atoms with E-state index in [1.54, 1.807) is 6.08 Å². The molecule has 1 heterocycles. The lowest BCUT2D eigenvalue weighted by Gasteiger charge is -2.40. The molecule has 1 fully saturated rings. The van der Waals surface area contributed by atoms with Crippen LogP contribution in [0.3, 0.4) is 0 Å². The smallest absolute Gasteiger partial charge is 0.249 e. The Bertz CT molecular complexity index is 896. The Morgan fingerprint density at radius 2 is 1.18 bits per heavy atom. The predicted molar refractivity (Wildman–Crippen MR) is 199 cm³/mol. The molecule has 0 spiro atoms. The first-order chi connectivity index (χ1) is 24.3. The molecule has 10 nitrogen and oxygen atoms in total. The first-order valence-electron chi connectivity index (χ1n) is 19.8. The predicted octanol–water partition coefficient (Wildman–Crippen LogP) is 5.91. The van der Waals surface area contributed by atoms with Crippen LogP contribution < -0.4 is 5.32 Å². The summed E-state index contributed by atoms with van der Waals surface area (Å²) < 4.78 is 11.1. The van der Waals surface area contributed by atoms with E-state index in [0.29, 0.717) is 19.3 Å². The van der Waals surface area contributed by atoms with Gasteiger partial charge < -0.3 is 45.4 Å². The van der Waals surface area contributed by atoms with E-state index in [9.17, 15) is 35.4 Å². The summed E-state index contributed by atoms with van der Waals surface area (Å²) in [4.78, 5) is 12.9.